The van der Waals surface area contributed by atoms with Gasteiger partial charge in [0.25, 0.3) is 5.91 Å². The molecule has 1 saturated heterocycles. The highest BCUT2D eigenvalue weighted by Crippen LogP contribution is 2.37. The van der Waals surface area contributed by atoms with E-state index in [-0.39, 0.29) is 24.7 Å². The van der Waals surface area contributed by atoms with Gasteiger partial charge in [-0.25, -0.2) is 13.6 Å². The van der Waals surface area contributed by atoms with Gasteiger partial charge >= 0.3 is 6.03 Å². The van der Waals surface area contributed by atoms with Crippen LogP contribution < -0.4 is 10.6 Å². The number of nitrogens with one attached hydrogen (secondary N) is 3. The van der Waals surface area contributed by atoms with Crippen LogP contribution in [0.5, 0.6) is 0 Å². The van der Waals surface area contributed by atoms with Gasteiger partial charge in [0.05, 0.1) is 12.6 Å². The molecule has 0 radical (unpaired) electrons. The zero-order chi connectivity index (χ0) is 24.8. The largest absolute Gasteiger partial charge is 0.369 e. The Morgan fingerprint density at radius 2 is 1.86 bits per heavy atom. The molecule has 1 saturated carbocycles. The Morgan fingerprint density at radius 1 is 1.11 bits per heavy atom. The summed E-state index contributed by atoms with van der Waals surface area (Å²) in [5.74, 6) is -2.58. The molecular weight excluding hydrogens is 454 g/mol. The highest BCUT2D eigenvalue weighted by Gasteiger charge is 2.36. The van der Waals surface area contributed by atoms with Gasteiger partial charge in [-0.15, -0.1) is 0 Å². The molecule has 2 aliphatic rings. The first-order valence-electron chi connectivity index (χ1n) is 11.9. The molecule has 2 fully saturated rings. The fourth-order valence-electron chi connectivity index (χ4n) is 4.95. The lowest BCUT2D eigenvalue weighted by Gasteiger charge is -2.38. The number of hydrogen-bond donors (Lipinski definition) is 3. The van der Waals surface area contributed by atoms with Crippen LogP contribution in [0.4, 0.5) is 13.6 Å². The maximum Gasteiger partial charge on any atom is 0.324 e. The lowest BCUT2D eigenvalue weighted by Crippen LogP contribution is -2.52. The van der Waals surface area contributed by atoms with Crippen molar-refractivity contribution in [1.29, 1.82) is 5.41 Å². The molecule has 2 aromatic carbocycles. The third kappa shape index (κ3) is 5.57. The number of nitrogens with zero attached hydrogens (tertiary/aromatic N) is 1. The van der Waals surface area contributed by atoms with Gasteiger partial charge in [-0.3, -0.25) is 9.69 Å². The topological polar surface area (TPSA) is 94.5 Å². The van der Waals surface area contributed by atoms with E-state index in [9.17, 15) is 18.4 Å². The van der Waals surface area contributed by atoms with Crippen molar-refractivity contribution >= 4 is 18.2 Å². The number of halogens is 2. The lowest BCUT2D eigenvalue weighted by atomic mass is 9.69. The monoisotopic (exact) mass is 484 g/mol. The molecule has 0 bridgehead atoms. The van der Waals surface area contributed by atoms with Crippen molar-refractivity contribution in [1.82, 2.24) is 15.5 Å². The molecule has 1 heterocycles. The summed E-state index contributed by atoms with van der Waals surface area (Å²) < 4.78 is 32.3. The minimum Gasteiger partial charge on any atom is -0.369 e. The van der Waals surface area contributed by atoms with E-state index >= 15 is 0 Å². The number of urea groups is 1. The van der Waals surface area contributed by atoms with E-state index in [1.54, 1.807) is 6.21 Å². The number of amides is 3. The zero-order valence-corrected chi connectivity index (χ0v) is 19.4. The van der Waals surface area contributed by atoms with Crippen molar-refractivity contribution in [2.75, 3.05) is 26.3 Å². The van der Waals surface area contributed by atoms with E-state index < -0.39 is 29.6 Å². The Kier molecular flexibility index (Phi) is 7.87. The van der Waals surface area contributed by atoms with Gasteiger partial charge in [0.15, 0.2) is 11.6 Å². The fourth-order valence-corrected chi connectivity index (χ4v) is 4.95. The van der Waals surface area contributed by atoms with Crippen LogP contribution in [-0.2, 0) is 14.9 Å². The Bertz CT molecular complexity index is 1060. The molecule has 4 rings (SSSR count). The molecule has 1 atom stereocenters. The van der Waals surface area contributed by atoms with Crippen molar-refractivity contribution in [3.05, 3.63) is 71.3 Å². The van der Waals surface area contributed by atoms with Crippen LogP contribution in [0.1, 0.15) is 42.9 Å². The maximum atomic E-state index is 13.7. The number of benzene rings is 2. The Balaban J connectivity index is 1.27. The summed E-state index contributed by atoms with van der Waals surface area (Å²) in [4.78, 5) is 26.2. The van der Waals surface area contributed by atoms with Crippen LogP contribution in [0.25, 0.3) is 0 Å². The molecule has 35 heavy (non-hydrogen) atoms. The lowest BCUT2D eigenvalue weighted by molar-refractivity contribution is -0.143. The molecule has 0 spiro atoms. The molecule has 9 heteroatoms. The highest BCUT2D eigenvalue weighted by molar-refractivity contribution is 5.96. The summed E-state index contributed by atoms with van der Waals surface area (Å²) in [5.41, 5.74) is 1.24. The van der Waals surface area contributed by atoms with Crippen LogP contribution >= 0.6 is 0 Å². The SMILES string of the molecule is N=CC1(c2ccccc2)CCC(NCCNC(=O)N2C(=O)COCC2c2ccc(F)c(F)c2)CC1. The van der Waals surface area contributed by atoms with Crippen molar-refractivity contribution in [2.24, 2.45) is 0 Å². The van der Waals surface area contributed by atoms with Crippen LogP contribution in [0, 0.1) is 17.0 Å². The van der Waals surface area contributed by atoms with Crippen LogP contribution in [0.2, 0.25) is 0 Å². The number of carbonyl (C=O) groups is 2. The minimum absolute atomic E-state index is 0.0146. The molecule has 0 aromatic heterocycles. The van der Waals surface area contributed by atoms with Crippen molar-refractivity contribution < 1.29 is 23.1 Å². The molecule has 3 amide bonds. The van der Waals surface area contributed by atoms with Gasteiger partial charge in [-0.05, 0) is 48.9 Å². The van der Waals surface area contributed by atoms with Crippen LogP contribution in [0.3, 0.4) is 0 Å². The zero-order valence-electron chi connectivity index (χ0n) is 19.4. The smallest absolute Gasteiger partial charge is 0.324 e. The second kappa shape index (κ2) is 11.0. The second-order valence-corrected chi connectivity index (χ2v) is 9.10. The molecular formula is C26H30F2N4O3. The van der Waals surface area contributed by atoms with Gasteiger partial charge in [0.1, 0.15) is 6.61 Å². The van der Waals surface area contributed by atoms with Crippen molar-refractivity contribution in [3.63, 3.8) is 0 Å². The number of hydrogen-bond acceptors (Lipinski definition) is 5. The van der Waals surface area contributed by atoms with E-state index in [0.29, 0.717) is 18.7 Å². The summed E-state index contributed by atoms with van der Waals surface area (Å²) in [6.45, 7) is 0.595. The Labute approximate surface area is 203 Å². The molecule has 1 aliphatic heterocycles. The fraction of sp³-hybridized carbons (Fsp3) is 0.423. The van der Waals surface area contributed by atoms with E-state index in [4.69, 9.17) is 10.1 Å². The molecule has 186 valence electrons. The highest BCUT2D eigenvalue weighted by atomic mass is 19.2. The summed E-state index contributed by atoms with van der Waals surface area (Å²) >= 11 is 0. The number of carbonyl (C=O) groups excluding carboxylic acids is 2. The standard InChI is InChI=1S/C26H30F2N4O3/c27-21-7-6-18(14-22(21)28)23-15-35-16-24(33)32(23)25(34)31-13-12-30-20-8-10-26(17-29,11-9-20)19-4-2-1-3-5-19/h1-7,14,17,20,23,29-30H,8-13,15-16H2,(H,31,34). The first kappa shape index (κ1) is 24.9. The number of ether oxygens (including phenoxy) is 1. The first-order chi connectivity index (χ1) is 16.9. The third-order valence-corrected chi connectivity index (χ3v) is 6.97. The van der Waals surface area contributed by atoms with E-state index in [2.05, 4.69) is 22.8 Å². The van der Waals surface area contributed by atoms with Crippen molar-refractivity contribution in [2.45, 2.75) is 43.2 Å². The summed E-state index contributed by atoms with van der Waals surface area (Å²) in [6.07, 6.45) is 5.16. The van der Waals surface area contributed by atoms with Gasteiger partial charge in [0, 0.05) is 30.8 Å². The van der Waals surface area contributed by atoms with Gasteiger partial charge in [-0.1, -0.05) is 36.4 Å². The Morgan fingerprint density at radius 3 is 2.54 bits per heavy atom. The maximum absolute atomic E-state index is 13.7. The van der Waals surface area contributed by atoms with Gasteiger partial charge in [-0.2, -0.15) is 0 Å². The van der Waals surface area contributed by atoms with Gasteiger partial charge in [0.2, 0.25) is 0 Å². The number of rotatable bonds is 7. The van der Waals surface area contributed by atoms with E-state index in [1.165, 1.54) is 11.6 Å². The predicted octanol–water partition coefficient (Wildman–Crippen LogP) is 3.69. The third-order valence-electron chi connectivity index (χ3n) is 6.97. The normalized spacial score (nSPS) is 24.7. The van der Waals surface area contributed by atoms with Gasteiger partial charge < -0.3 is 20.8 Å². The summed E-state index contributed by atoms with van der Waals surface area (Å²) in [6, 6.07) is 12.3. The quantitative estimate of drug-likeness (QED) is 0.413. The van der Waals surface area contributed by atoms with Crippen molar-refractivity contribution in [3.8, 4) is 0 Å². The predicted molar refractivity (Wildman–Crippen MR) is 127 cm³/mol. The molecule has 3 N–H and O–H groups in total. The van der Waals surface area contributed by atoms with E-state index in [1.807, 2.05) is 18.2 Å². The molecule has 1 aliphatic carbocycles. The molecule has 7 nitrogen and oxygen atoms in total. The summed E-state index contributed by atoms with van der Waals surface area (Å²) in [7, 11) is 0. The molecule has 1 unspecified atom stereocenters. The average molecular weight is 485 g/mol. The molecule has 2 aromatic rings. The number of imide groups is 1. The number of morpholine rings is 1. The van der Waals surface area contributed by atoms with Crippen LogP contribution in [0.15, 0.2) is 48.5 Å². The Hall–Kier alpha value is -3.17. The summed E-state index contributed by atoms with van der Waals surface area (Å²) in [5, 5.41) is 14.2. The van der Waals surface area contributed by atoms with E-state index in [0.717, 1.165) is 42.7 Å². The minimum atomic E-state index is -1.04. The average Bonchev–Trinajstić information content (AvgIpc) is 2.89. The first-order valence-corrected chi connectivity index (χ1v) is 11.9. The second-order valence-electron chi connectivity index (χ2n) is 9.10. The van der Waals surface area contributed by atoms with Crippen LogP contribution in [-0.4, -0.2) is 55.4 Å².